The van der Waals surface area contributed by atoms with Crippen molar-refractivity contribution >= 4 is 6.21 Å². The molecule has 26 heavy (non-hydrogen) atoms. The van der Waals surface area contributed by atoms with Crippen molar-refractivity contribution in [1.29, 1.82) is 0 Å². The van der Waals surface area contributed by atoms with E-state index in [-0.39, 0.29) is 11.2 Å². The molecule has 0 unspecified atom stereocenters. The Labute approximate surface area is 155 Å². The fourth-order valence-electron chi connectivity index (χ4n) is 4.29. The van der Waals surface area contributed by atoms with Crippen LogP contribution < -0.4 is 10.8 Å². The second-order valence-electron chi connectivity index (χ2n) is 7.67. The molecule has 2 aliphatic carbocycles. The molecule has 1 saturated carbocycles. The summed E-state index contributed by atoms with van der Waals surface area (Å²) < 4.78 is 0. The fourth-order valence-corrected chi connectivity index (χ4v) is 4.29. The Hall–Kier alpha value is -2.17. The Morgan fingerprint density at radius 1 is 1.15 bits per heavy atom. The number of nitrogens with one attached hydrogen (secondary N) is 2. The molecule has 4 rings (SSSR count). The minimum Gasteiger partial charge on any atom is -0.291 e. The van der Waals surface area contributed by atoms with Crippen LogP contribution >= 0.6 is 0 Å². The van der Waals surface area contributed by atoms with Gasteiger partial charge in [0, 0.05) is 17.3 Å². The maximum atomic E-state index is 9.26. The van der Waals surface area contributed by atoms with Crippen LogP contribution in [0.2, 0.25) is 0 Å². The smallest absolute Gasteiger partial charge is 0.156 e. The summed E-state index contributed by atoms with van der Waals surface area (Å²) in [6.07, 6.45) is 14.1. The van der Waals surface area contributed by atoms with Crippen molar-refractivity contribution in [3.8, 4) is 0 Å². The molecule has 1 aromatic carbocycles. The minimum absolute atomic E-state index is 0.0223. The van der Waals surface area contributed by atoms with Gasteiger partial charge in [-0.05, 0) is 50.0 Å². The van der Waals surface area contributed by atoms with Gasteiger partial charge < -0.3 is 0 Å². The first-order valence-corrected chi connectivity index (χ1v) is 9.54. The molecule has 0 aromatic heterocycles. The molecule has 0 amide bonds. The van der Waals surface area contributed by atoms with Crippen LogP contribution in [-0.2, 0) is 5.54 Å². The van der Waals surface area contributed by atoms with Crippen molar-refractivity contribution in [2.45, 2.75) is 57.2 Å². The zero-order valence-electron chi connectivity index (χ0n) is 15.5. The molecule has 0 bridgehead atoms. The summed E-state index contributed by atoms with van der Waals surface area (Å²) in [7, 11) is 0. The van der Waals surface area contributed by atoms with Gasteiger partial charge in [0.2, 0.25) is 0 Å². The van der Waals surface area contributed by atoms with Crippen molar-refractivity contribution in [2.75, 3.05) is 0 Å². The van der Waals surface area contributed by atoms with Crippen LogP contribution in [0.1, 0.15) is 50.2 Å². The molecule has 0 spiro atoms. The Bertz CT molecular complexity index is 810. The van der Waals surface area contributed by atoms with Gasteiger partial charge >= 0.3 is 0 Å². The molecular formula is C22H27N3O. The SMILES string of the molecule is CC=C(NO)C1=CC2=C[C@]2(NC2(c3ccc(C)cc3)CCCCC2)N=C1. The molecule has 4 nitrogen and oxygen atoms in total. The summed E-state index contributed by atoms with van der Waals surface area (Å²) in [5.74, 6) is 0. The molecule has 1 fully saturated rings. The Balaban J connectivity index is 1.60. The average Bonchev–Trinajstić information content (AvgIpc) is 3.37. The summed E-state index contributed by atoms with van der Waals surface area (Å²) in [5, 5.41) is 13.2. The maximum absolute atomic E-state index is 9.26. The molecule has 1 aliphatic heterocycles. The maximum Gasteiger partial charge on any atom is 0.156 e. The monoisotopic (exact) mass is 349 g/mol. The van der Waals surface area contributed by atoms with Crippen LogP contribution in [0, 0.1) is 6.92 Å². The summed E-state index contributed by atoms with van der Waals surface area (Å²) >= 11 is 0. The van der Waals surface area contributed by atoms with Gasteiger partial charge in [0.05, 0.1) is 5.70 Å². The lowest BCUT2D eigenvalue weighted by Gasteiger charge is -2.42. The molecule has 0 radical (unpaired) electrons. The van der Waals surface area contributed by atoms with E-state index < -0.39 is 0 Å². The molecule has 4 heteroatoms. The van der Waals surface area contributed by atoms with Crippen LogP contribution in [0.4, 0.5) is 0 Å². The van der Waals surface area contributed by atoms with Gasteiger partial charge in [-0.3, -0.25) is 21.0 Å². The molecule has 136 valence electrons. The van der Waals surface area contributed by atoms with E-state index in [4.69, 9.17) is 4.99 Å². The predicted molar refractivity (Wildman–Crippen MR) is 105 cm³/mol. The van der Waals surface area contributed by atoms with Crippen LogP contribution in [0.3, 0.4) is 0 Å². The van der Waals surface area contributed by atoms with E-state index in [2.05, 4.69) is 54.1 Å². The number of rotatable bonds is 5. The Morgan fingerprint density at radius 3 is 2.50 bits per heavy atom. The first-order chi connectivity index (χ1) is 12.6. The van der Waals surface area contributed by atoms with E-state index in [0.717, 1.165) is 18.4 Å². The van der Waals surface area contributed by atoms with Crippen molar-refractivity contribution in [2.24, 2.45) is 4.99 Å². The van der Waals surface area contributed by atoms with Crippen molar-refractivity contribution in [3.05, 3.63) is 70.5 Å². The number of hydroxylamine groups is 1. The average molecular weight is 349 g/mol. The first-order valence-electron chi connectivity index (χ1n) is 9.54. The van der Waals surface area contributed by atoms with E-state index in [1.807, 2.05) is 19.2 Å². The van der Waals surface area contributed by atoms with Gasteiger partial charge in [0.15, 0.2) is 5.66 Å². The highest BCUT2D eigenvalue weighted by atomic mass is 16.5. The third kappa shape index (κ3) is 2.93. The van der Waals surface area contributed by atoms with E-state index in [9.17, 15) is 5.21 Å². The van der Waals surface area contributed by atoms with Gasteiger partial charge in [-0.1, -0.05) is 55.2 Å². The summed E-state index contributed by atoms with van der Waals surface area (Å²) in [6, 6.07) is 8.96. The number of hydrogen-bond donors (Lipinski definition) is 3. The number of fused-ring (bicyclic) bond motifs is 1. The minimum atomic E-state index is -0.375. The second kappa shape index (κ2) is 6.53. The topological polar surface area (TPSA) is 56.6 Å². The standard InChI is InChI=1S/C22H27N3O/c1-3-20(24-26)17-13-19-14-22(19,23-15-17)25-21(11-5-4-6-12-21)18-9-7-16(2)8-10-18/h3,7-10,13-15,24-26H,4-6,11-12H2,1-2H3/t22-/m1/s1. The highest BCUT2D eigenvalue weighted by Gasteiger charge is 2.50. The number of aliphatic imine (C=N–C) groups is 1. The lowest BCUT2D eigenvalue weighted by Crippen LogP contribution is -2.51. The fraction of sp³-hybridized carbons (Fsp3) is 0.409. The molecule has 1 heterocycles. The summed E-state index contributed by atoms with van der Waals surface area (Å²) in [6.45, 7) is 4.03. The highest BCUT2D eigenvalue weighted by Crippen LogP contribution is 2.47. The highest BCUT2D eigenvalue weighted by molar-refractivity contribution is 5.89. The Kier molecular flexibility index (Phi) is 4.33. The number of hydrogen-bond acceptors (Lipinski definition) is 4. The number of allylic oxidation sites excluding steroid dienone is 2. The normalized spacial score (nSPS) is 26.7. The van der Waals surface area contributed by atoms with E-state index in [1.165, 1.54) is 36.0 Å². The summed E-state index contributed by atoms with van der Waals surface area (Å²) in [4.78, 5) is 4.83. The van der Waals surface area contributed by atoms with Crippen LogP contribution in [0.25, 0.3) is 0 Å². The quantitative estimate of drug-likeness (QED) is 0.696. The zero-order valence-corrected chi connectivity index (χ0v) is 15.5. The molecular weight excluding hydrogens is 322 g/mol. The third-order valence-electron chi connectivity index (χ3n) is 5.90. The van der Waals surface area contributed by atoms with E-state index >= 15 is 0 Å². The molecule has 3 N–H and O–H groups in total. The lowest BCUT2D eigenvalue weighted by atomic mass is 9.76. The number of nitrogens with zero attached hydrogens (tertiary/aromatic N) is 1. The van der Waals surface area contributed by atoms with Crippen LogP contribution in [0.5, 0.6) is 0 Å². The van der Waals surface area contributed by atoms with Crippen LogP contribution in [-0.4, -0.2) is 17.1 Å². The number of benzene rings is 1. The second-order valence-corrected chi connectivity index (χ2v) is 7.67. The lowest BCUT2D eigenvalue weighted by molar-refractivity contribution is 0.203. The van der Waals surface area contributed by atoms with Gasteiger partial charge in [-0.2, -0.15) is 0 Å². The molecule has 1 atom stereocenters. The largest absolute Gasteiger partial charge is 0.291 e. The summed E-state index contributed by atoms with van der Waals surface area (Å²) in [5.41, 5.74) is 7.28. The predicted octanol–water partition coefficient (Wildman–Crippen LogP) is 4.27. The van der Waals surface area contributed by atoms with Gasteiger partial charge in [-0.25, -0.2) is 0 Å². The molecule has 1 aromatic rings. The Morgan fingerprint density at radius 2 is 1.88 bits per heavy atom. The molecule has 3 aliphatic rings. The molecule has 0 saturated heterocycles. The number of dihydropyridines is 1. The van der Waals surface area contributed by atoms with Gasteiger partial charge in [0.1, 0.15) is 0 Å². The third-order valence-corrected chi connectivity index (χ3v) is 5.90. The van der Waals surface area contributed by atoms with Crippen molar-refractivity contribution in [1.82, 2.24) is 10.8 Å². The van der Waals surface area contributed by atoms with Crippen molar-refractivity contribution in [3.63, 3.8) is 0 Å². The van der Waals surface area contributed by atoms with Crippen molar-refractivity contribution < 1.29 is 5.21 Å². The zero-order chi connectivity index (χ0) is 18.2. The van der Waals surface area contributed by atoms with E-state index in [1.54, 1.807) is 0 Å². The van der Waals surface area contributed by atoms with Gasteiger partial charge in [0.25, 0.3) is 0 Å². The first kappa shape index (κ1) is 17.3. The van der Waals surface area contributed by atoms with Gasteiger partial charge in [-0.15, -0.1) is 0 Å². The van der Waals surface area contributed by atoms with Crippen LogP contribution in [0.15, 0.2) is 64.3 Å². The number of aryl methyl sites for hydroxylation is 1. The van der Waals surface area contributed by atoms with E-state index in [0.29, 0.717) is 5.70 Å².